The number of nitrogens with one attached hydrogen (secondary N) is 1. The Morgan fingerprint density at radius 3 is 2.37 bits per heavy atom. The van der Waals surface area contributed by atoms with Crippen LogP contribution in [0.2, 0.25) is 0 Å². The van der Waals surface area contributed by atoms with Crippen LogP contribution in [-0.4, -0.2) is 45.6 Å². The zero-order chi connectivity index (χ0) is 30.6. The number of aromatic hydroxyl groups is 2. The smallest absolute Gasteiger partial charge is 0.228 e. The highest BCUT2D eigenvalue weighted by atomic mass is 16.7. The van der Waals surface area contributed by atoms with E-state index in [1.54, 1.807) is 12.1 Å². The van der Waals surface area contributed by atoms with Crippen LogP contribution < -0.4 is 5.32 Å². The van der Waals surface area contributed by atoms with E-state index in [0.29, 0.717) is 24.2 Å². The van der Waals surface area contributed by atoms with Crippen molar-refractivity contribution < 1.29 is 34.1 Å². The maximum atomic E-state index is 14.2. The van der Waals surface area contributed by atoms with E-state index in [2.05, 4.69) is 45.2 Å². The number of allylic oxidation sites excluding steroid dienone is 2. The van der Waals surface area contributed by atoms with Crippen molar-refractivity contribution in [2.45, 2.75) is 103 Å². The van der Waals surface area contributed by atoms with Gasteiger partial charge in [0, 0.05) is 24.3 Å². The number of rotatable bonds is 5. The Bertz CT molecular complexity index is 1270. The highest BCUT2D eigenvalue weighted by molar-refractivity contribution is 6.19. The molecule has 3 saturated heterocycles. The molecule has 0 bridgehead atoms. The monoisotopic (exact) mass is 593 g/mol. The van der Waals surface area contributed by atoms with Crippen LogP contribution in [0.5, 0.6) is 11.5 Å². The van der Waals surface area contributed by atoms with Gasteiger partial charge in [-0.2, -0.15) is 0 Å². The summed E-state index contributed by atoms with van der Waals surface area (Å²) in [6.07, 6.45) is 10.0. The molecule has 1 aromatic carbocycles. The lowest BCUT2D eigenvalue weighted by atomic mass is 9.56. The van der Waals surface area contributed by atoms with Crippen molar-refractivity contribution in [3.63, 3.8) is 0 Å². The molecule has 0 radical (unpaired) electrons. The first-order valence-electron chi connectivity index (χ1n) is 16.4. The second-order valence-electron chi connectivity index (χ2n) is 14.4. The fourth-order valence-corrected chi connectivity index (χ4v) is 8.97. The Kier molecular flexibility index (Phi) is 8.22. The van der Waals surface area contributed by atoms with Crippen LogP contribution in [0.15, 0.2) is 30.4 Å². The minimum Gasteiger partial charge on any atom is -0.508 e. The van der Waals surface area contributed by atoms with Gasteiger partial charge in [-0.25, -0.2) is 0 Å². The minimum absolute atomic E-state index is 0.00204. The Balaban J connectivity index is 1.26. The number of hydrogen-bond acceptors (Lipinski definition) is 7. The normalized spacial score (nSPS) is 42.9. The van der Waals surface area contributed by atoms with Gasteiger partial charge >= 0.3 is 0 Å². The summed E-state index contributed by atoms with van der Waals surface area (Å²) in [7, 11) is 0. The molecule has 12 atom stereocenters. The highest BCUT2D eigenvalue weighted by Crippen LogP contribution is 2.53. The topological polar surface area (TPSA) is 122 Å². The van der Waals surface area contributed by atoms with Crippen molar-refractivity contribution in [2.75, 3.05) is 0 Å². The third-order valence-electron chi connectivity index (χ3n) is 11.6. The van der Waals surface area contributed by atoms with Gasteiger partial charge in [0.1, 0.15) is 17.5 Å². The van der Waals surface area contributed by atoms with Gasteiger partial charge < -0.3 is 25.0 Å². The maximum Gasteiger partial charge on any atom is 0.228 e. The van der Waals surface area contributed by atoms with Crippen LogP contribution in [0.1, 0.15) is 90.7 Å². The molecule has 1 amide bonds. The fourth-order valence-electron chi connectivity index (χ4n) is 8.97. The molecule has 2 aliphatic carbocycles. The van der Waals surface area contributed by atoms with Crippen LogP contribution >= 0.6 is 0 Å². The second kappa shape index (κ2) is 11.7. The van der Waals surface area contributed by atoms with Crippen LogP contribution in [0, 0.1) is 47.3 Å². The highest BCUT2D eigenvalue weighted by Gasteiger charge is 2.53. The van der Waals surface area contributed by atoms with E-state index in [0.717, 1.165) is 44.1 Å². The van der Waals surface area contributed by atoms with Gasteiger partial charge in [-0.15, -0.1) is 0 Å². The lowest BCUT2D eigenvalue weighted by molar-refractivity contribution is -0.348. The average molecular weight is 594 g/mol. The van der Waals surface area contributed by atoms with Gasteiger partial charge in [0.2, 0.25) is 5.91 Å². The van der Waals surface area contributed by atoms with E-state index in [-0.39, 0.29) is 77.2 Å². The van der Waals surface area contributed by atoms with E-state index in [9.17, 15) is 24.6 Å². The van der Waals surface area contributed by atoms with E-state index in [4.69, 9.17) is 9.47 Å². The molecule has 1 unspecified atom stereocenters. The Morgan fingerprint density at radius 1 is 0.930 bits per heavy atom. The summed E-state index contributed by atoms with van der Waals surface area (Å²) < 4.78 is 13.8. The van der Waals surface area contributed by atoms with Crippen molar-refractivity contribution in [1.82, 2.24) is 5.32 Å². The van der Waals surface area contributed by atoms with E-state index in [1.807, 2.05) is 0 Å². The van der Waals surface area contributed by atoms with Gasteiger partial charge in [0.05, 0.1) is 18.6 Å². The van der Waals surface area contributed by atoms with Crippen molar-refractivity contribution in [1.29, 1.82) is 0 Å². The fraction of sp³-hybridized carbons (Fsp3) is 0.686. The molecule has 5 aliphatic rings. The number of ketones is 2. The average Bonchev–Trinajstić information content (AvgIpc) is 3.30. The zero-order valence-electron chi connectivity index (χ0n) is 25.8. The van der Waals surface area contributed by atoms with E-state index < -0.39 is 11.8 Å². The number of Topliss-reactive ketones (excluding diaryl/α,β-unsaturated/α-hetero) is 2. The summed E-state index contributed by atoms with van der Waals surface area (Å²) >= 11 is 0. The lowest BCUT2D eigenvalue weighted by Gasteiger charge is -2.52. The predicted molar refractivity (Wildman–Crippen MR) is 160 cm³/mol. The summed E-state index contributed by atoms with van der Waals surface area (Å²) in [6.45, 7) is 8.80. The minimum atomic E-state index is -1.04. The molecular formula is C35H47NO7. The van der Waals surface area contributed by atoms with Gasteiger partial charge in [0.25, 0.3) is 0 Å². The molecule has 8 nitrogen and oxygen atoms in total. The van der Waals surface area contributed by atoms with Crippen molar-refractivity contribution in [3.8, 4) is 11.5 Å². The molecule has 3 heterocycles. The second-order valence-corrected chi connectivity index (χ2v) is 14.4. The number of benzene rings is 1. The first kappa shape index (κ1) is 30.3. The summed E-state index contributed by atoms with van der Waals surface area (Å²) in [5, 5.41) is 23.0. The molecule has 6 rings (SSSR count). The van der Waals surface area contributed by atoms with Crippen LogP contribution in [0.25, 0.3) is 0 Å². The molecule has 4 fully saturated rings. The standard InChI is InChI=1S/C35H47NO7/c1-18-5-7-22-8-9-23(31(30(22)21(18)4)33(41)32-28(39)17-29(40)36-32)15-27-10-6-20(3)35(42-27)12-11-19(2)34(43-35)24-13-25(37)16-26(38)14-24/h8-9,13-14,16,18-23,27,30-32,34,37-38H,5-7,10-12,15,17H2,1-4H3,(H,36,40)/t18-,19-,20-,21+,22+,23+,27-,30+,31+,32?,34-,35+/m1/s1. The van der Waals surface area contributed by atoms with Gasteiger partial charge in [-0.1, -0.05) is 39.8 Å². The van der Waals surface area contributed by atoms with E-state index in [1.165, 1.54) is 6.07 Å². The largest absolute Gasteiger partial charge is 0.508 e. The molecule has 0 aromatic heterocycles. The molecule has 43 heavy (non-hydrogen) atoms. The number of hydrogen-bond donors (Lipinski definition) is 3. The molecule has 1 saturated carbocycles. The van der Waals surface area contributed by atoms with E-state index >= 15 is 0 Å². The summed E-state index contributed by atoms with van der Waals surface area (Å²) in [4.78, 5) is 39.0. The molecule has 1 aromatic rings. The van der Waals surface area contributed by atoms with Crippen molar-refractivity contribution in [3.05, 3.63) is 35.9 Å². The van der Waals surface area contributed by atoms with Gasteiger partial charge in [-0.3, -0.25) is 14.4 Å². The number of ether oxygens (including phenoxy) is 2. The first-order chi connectivity index (χ1) is 20.5. The van der Waals surface area contributed by atoms with Crippen LogP contribution in [0.4, 0.5) is 0 Å². The zero-order valence-corrected chi connectivity index (χ0v) is 25.8. The van der Waals surface area contributed by atoms with Crippen LogP contribution in [0.3, 0.4) is 0 Å². The number of carbonyl (C=O) groups is 3. The number of amides is 1. The Labute approximate surface area is 254 Å². The van der Waals surface area contributed by atoms with Crippen LogP contribution in [-0.2, 0) is 23.9 Å². The molecule has 3 aliphatic heterocycles. The molecular weight excluding hydrogens is 546 g/mol. The van der Waals surface area contributed by atoms with Crippen molar-refractivity contribution >= 4 is 17.5 Å². The summed E-state index contributed by atoms with van der Waals surface area (Å²) in [6, 6.07) is 3.58. The molecule has 234 valence electrons. The van der Waals surface area contributed by atoms with Gasteiger partial charge in [0.15, 0.2) is 17.4 Å². The first-order valence-corrected chi connectivity index (χ1v) is 16.4. The Morgan fingerprint density at radius 2 is 1.67 bits per heavy atom. The third-order valence-corrected chi connectivity index (χ3v) is 11.6. The number of fused-ring (bicyclic) bond motifs is 1. The Hall–Kier alpha value is -2.71. The summed E-state index contributed by atoms with van der Waals surface area (Å²) in [5.74, 6) is -0.488. The summed E-state index contributed by atoms with van der Waals surface area (Å²) in [5.41, 5.74) is 0.734. The quantitative estimate of drug-likeness (QED) is 0.299. The number of phenols is 2. The predicted octanol–water partition coefficient (Wildman–Crippen LogP) is 5.61. The third kappa shape index (κ3) is 5.66. The number of carbonyl (C=O) groups excluding carboxylic acids is 3. The molecule has 8 heteroatoms. The SMILES string of the molecule is C[C@@H]1[C@@H]2[C@@H](C(=O)C3NC(=O)CC3=O)[C@H](C[C@H]3CC[C@@H](C)[C@@]4(CC[C@@H](C)[C@H](c5cc(O)cc(O)c5)O4)O3)C=C[C@@H]2CC[C@H]1C. The van der Waals surface area contributed by atoms with Gasteiger partial charge in [-0.05, 0) is 91.7 Å². The van der Waals surface area contributed by atoms with Crippen molar-refractivity contribution in [2.24, 2.45) is 47.3 Å². The number of phenolic OH excluding ortho intramolecular Hbond substituents is 2. The lowest BCUT2D eigenvalue weighted by Crippen LogP contribution is -2.54. The maximum absolute atomic E-state index is 14.2. The molecule has 3 N–H and O–H groups in total. The molecule has 1 spiro atoms.